The number of nitrogens with one attached hydrogen (secondary N) is 3. The van der Waals surface area contributed by atoms with Crippen LogP contribution in [0.25, 0.3) is 10.1 Å². The molecule has 2 aromatic rings. The first-order valence-electron chi connectivity index (χ1n) is 7.00. The van der Waals surface area contributed by atoms with Gasteiger partial charge < -0.3 is 5.32 Å². The van der Waals surface area contributed by atoms with Crippen LogP contribution in [0.2, 0.25) is 0 Å². The molecular weight excluding hydrogens is 270 g/mol. The van der Waals surface area contributed by atoms with Gasteiger partial charge in [0.05, 0.1) is 6.17 Å². The number of amides is 1. The van der Waals surface area contributed by atoms with Crippen LogP contribution in [0.4, 0.5) is 0 Å². The molecule has 0 radical (unpaired) electrons. The van der Waals surface area contributed by atoms with Crippen LogP contribution in [-0.2, 0) is 4.79 Å². The third kappa shape index (κ3) is 1.78. The minimum Gasteiger partial charge on any atom is -0.339 e. The van der Waals surface area contributed by atoms with Crippen molar-refractivity contribution in [2.45, 2.75) is 25.4 Å². The van der Waals surface area contributed by atoms with Crippen LogP contribution in [0.1, 0.15) is 22.8 Å². The van der Waals surface area contributed by atoms with Gasteiger partial charge in [0.25, 0.3) is 0 Å². The van der Waals surface area contributed by atoms with Gasteiger partial charge in [0.1, 0.15) is 0 Å². The van der Waals surface area contributed by atoms with Gasteiger partial charge in [-0.3, -0.25) is 10.2 Å². The van der Waals surface area contributed by atoms with Crippen molar-refractivity contribution in [3.8, 4) is 0 Å². The zero-order valence-electron chi connectivity index (χ0n) is 11.3. The van der Waals surface area contributed by atoms with Gasteiger partial charge in [0, 0.05) is 34.4 Å². The summed E-state index contributed by atoms with van der Waals surface area (Å²) in [6.07, 6.45) is 0.656. The third-order valence-corrected chi connectivity index (χ3v) is 5.88. The predicted octanol–water partition coefficient (Wildman–Crippen LogP) is 1.86. The van der Waals surface area contributed by atoms with Crippen molar-refractivity contribution in [1.82, 2.24) is 16.2 Å². The van der Waals surface area contributed by atoms with E-state index >= 15 is 0 Å². The van der Waals surface area contributed by atoms with Gasteiger partial charge in [-0.25, -0.2) is 5.43 Å². The molecule has 2 aliphatic heterocycles. The zero-order chi connectivity index (χ0) is 13.7. The number of fused-ring (bicyclic) bond motifs is 2. The van der Waals surface area contributed by atoms with Crippen molar-refractivity contribution in [2.24, 2.45) is 5.92 Å². The molecule has 4 rings (SSSR count). The lowest BCUT2D eigenvalue weighted by Crippen LogP contribution is -2.52. The average Bonchev–Trinajstić information content (AvgIpc) is 3.03. The summed E-state index contributed by atoms with van der Waals surface area (Å²) in [6.45, 7) is 3.09. The second-order valence-corrected chi connectivity index (χ2v) is 6.72. The van der Waals surface area contributed by atoms with Crippen molar-refractivity contribution in [2.75, 3.05) is 6.54 Å². The van der Waals surface area contributed by atoms with Gasteiger partial charge in [0.15, 0.2) is 0 Å². The number of benzene rings is 1. The Labute approximate surface area is 121 Å². The van der Waals surface area contributed by atoms with E-state index in [1.165, 1.54) is 20.5 Å². The first-order chi connectivity index (χ1) is 9.74. The molecule has 3 unspecified atom stereocenters. The second kappa shape index (κ2) is 4.55. The molecule has 1 aromatic heterocycles. The molecule has 104 valence electrons. The highest BCUT2D eigenvalue weighted by molar-refractivity contribution is 7.19. The Bertz CT molecular complexity index is 681. The molecule has 0 spiro atoms. The van der Waals surface area contributed by atoms with Crippen molar-refractivity contribution in [1.29, 1.82) is 0 Å². The first-order valence-corrected chi connectivity index (χ1v) is 7.81. The van der Waals surface area contributed by atoms with E-state index in [2.05, 4.69) is 47.4 Å². The lowest BCUT2D eigenvalue weighted by atomic mass is 9.82. The number of rotatable bonds is 1. The van der Waals surface area contributed by atoms with E-state index in [1.54, 1.807) is 0 Å². The van der Waals surface area contributed by atoms with Crippen LogP contribution in [-0.4, -0.2) is 18.6 Å². The zero-order valence-corrected chi connectivity index (χ0v) is 12.1. The smallest absolute Gasteiger partial charge is 0.221 e. The third-order valence-electron chi connectivity index (χ3n) is 4.48. The highest BCUT2D eigenvalue weighted by atomic mass is 32.1. The summed E-state index contributed by atoms with van der Waals surface area (Å²) < 4.78 is 1.32. The molecule has 1 aromatic carbocycles. The maximum absolute atomic E-state index is 11.9. The summed E-state index contributed by atoms with van der Waals surface area (Å²) in [4.78, 5) is 13.3. The molecule has 1 amide bonds. The number of hydrogen-bond acceptors (Lipinski definition) is 4. The van der Waals surface area contributed by atoms with Crippen LogP contribution in [0.5, 0.6) is 0 Å². The van der Waals surface area contributed by atoms with Gasteiger partial charge in [-0.05, 0) is 23.9 Å². The summed E-state index contributed by atoms with van der Waals surface area (Å²) >= 11 is 1.85. The van der Waals surface area contributed by atoms with E-state index in [-0.39, 0.29) is 12.1 Å². The summed E-state index contributed by atoms with van der Waals surface area (Å²) in [5.74, 6) is 0.886. The fourth-order valence-electron chi connectivity index (χ4n) is 3.45. The minimum atomic E-state index is 0.0610. The topological polar surface area (TPSA) is 53.2 Å². The Balaban J connectivity index is 1.81. The number of aryl methyl sites for hydroxylation is 1. The van der Waals surface area contributed by atoms with Crippen molar-refractivity contribution in [3.05, 3.63) is 34.7 Å². The van der Waals surface area contributed by atoms with Gasteiger partial charge in [-0.2, -0.15) is 0 Å². The Hall–Kier alpha value is -1.43. The quantitative estimate of drug-likeness (QED) is 0.750. The Morgan fingerprint density at radius 2 is 2.15 bits per heavy atom. The second-order valence-electron chi connectivity index (χ2n) is 5.63. The van der Waals surface area contributed by atoms with E-state index in [0.717, 1.165) is 6.54 Å². The van der Waals surface area contributed by atoms with Gasteiger partial charge in [-0.1, -0.05) is 18.2 Å². The molecule has 5 heteroatoms. The first kappa shape index (κ1) is 12.3. The molecule has 2 aliphatic rings. The van der Waals surface area contributed by atoms with Crippen LogP contribution in [0.15, 0.2) is 24.3 Å². The standard InChI is InChI=1S/C15H17N3OS/c1-8-9-4-2-3-5-12(9)20-14(8)10-6-13(19)17-15-11(10)7-16-18-15/h2-5,10-11,15-16,18H,6-7H2,1H3,(H,17,19). The molecule has 0 saturated carbocycles. The van der Waals surface area contributed by atoms with Gasteiger partial charge >= 0.3 is 0 Å². The highest BCUT2D eigenvalue weighted by Crippen LogP contribution is 2.42. The summed E-state index contributed by atoms with van der Waals surface area (Å²) in [5, 5.41) is 4.35. The fraction of sp³-hybridized carbons (Fsp3) is 0.400. The molecule has 2 fully saturated rings. The minimum absolute atomic E-state index is 0.0610. The summed E-state index contributed by atoms with van der Waals surface area (Å²) in [7, 11) is 0. The number of thiophene rings is 1. The number of hydrazine groups is 1. The molecule has 20 heavy (non-hydrogen) atoms. The van der Waals surface area contributed by atoms with Crippen molar-refractivity contribution >= 4 is 27.3 Å². The lowest BCUT2D eigenvalue weighted by molar-refractivity contribution is -0.124. The number of carbonyl (C=O) groups is 1. The molecule has 3 N–H and O–H groups in total. The molecule has 0 bridgehead atoms. The van der Waals surface area contributed by atoms with E-state index in [9.17, 15) is 4.79 Å². The van der Waals surface area contributed by atoms with E-state index < -0.39 is 0 Å². The monoisotopic (exact) mass is 287 g/mol. The Morgan fingerprint density at radius 3 is 3.00 bits per heavy atom. The lowest BCUT2D eigenvalue weighted by Gasteiger charge is -2.32. The predicted molar refractivity (Wildman–Crippen MR) is 80.5 cm³/mol. The summed E-state index contributed by atoms with van der Waals surface area (Å²) in [5.41, 5.74) is 7.69. The van der Waals surface area contributed by atoms with Crippen molar-refractivity contribution in [3.63, 3.8) is 0 Å². The van der Waals surface area contributed by atoms with E-state index in [1.807, 2.05) is 11.3 Å². The number of piperidine rings is 1. The van der Waals surface area contributed by atoms with Gasteiger partial charge in [-0.15, -0.1) is 11.3 Å². The SMILES string of the molecule is Cc1c(C2CC(=O)NC3NNCC32)sc2ccccc12. The normalized spacial score (nSPS) is 29.4. The van der Waals surface area contributed by atoms with Gasteiger partial charge in [0.2, 0.25) is 5.91 Å². The molecule has 3 atom stereocenters. The average molecular weight is 287 g/mol. The maximum Gasteiger partial charge on any atom is 0.221 e. The Kier molecular flexibility index (Phi) is 2.80. The highest BCUT2D eigenvalue weighted by Gasteiger charge is 2.41. The fourth-order valence-corrected chi connectivity index (χ4v) is 4.83. The molecule has 4 nitrogen and oxygen atoms in total. The van der Waals surface area contributed by atoms with Crippen LogP contribution >= 0.6 is 11.3 Å². The van der Waals surface area contributed by atoms with Crippen molar-refractivity contribution < 1.29 is 4.79 Å². The van der Waals surface area contributed by atoms with E-state index in [0.29, 0.717) is 18.3 Å². The molecule has 0 aliphatic carbocycles. The molecular formula is C15H17N3OS. The van der Waals surface area contributed by atoms with Crippen LogP contribution < -0.4 is 16.2 Å². The summed E-state index contributed by atoms with van der Waals surface area (Å²) in [6, 6.07) is 8.51. The maximum atomic E-state index is 11.9. The number of hydrogen-bond donors (Lipinski definition) is 3. The van der Waals surface area contributed by atoms with Crippen LogP contribution in [0, 0.1) is 12.8 Å². The van der Waals surface area contributed by atoms with Crippen LogP contribution in [0.3, 0.4) is 0 Å². The molecule has 2 saturated heterocycles. The number of carbonyl (C=O) groups excluding carboxylic acids is 1. The largest absolute Gasteiger partial charge is 0.339 e. The van der Waals surface area contributed by atoms with E-state index in [4.69, 9.17) is 0 Å². The molecule has 3 heterocycles. The Morgan fingerprint density at radius 1 is 1.30 bits per heavy atom.